The third kappa shape index (κ3) is 4.20. The highest BCUT2D eigenvalue weighted by Gasteiger charge is 2.22. The molecule has 0 saturated heterocycles. The van der Waals surface area contributed by atoms with E-state index in [1.165, 1.54) is 35.6 Å². The number of carbonyl (C=O) groups is 1. The van der Waals surface area contributed by atoms with Gasteiger partial charge in [-0.05, 0) is 43.2 Å². The SMILES string of the molecule is Cc1ccc2nc(N(CCCn3ccnc3)C(=O)c3ccc([N+](=O)[O-])cc3)sc2c1. The Kier molecular flexibility index (Phi) is 5.53. The van der Waals surface area contributed by atoms with Crippen molar-refractivity contribution in [1.82, 2.24) is 14.5 Å². The lowest BCUT2D eigenvalue weighted by molar-refractivity contribution is -0.384. The minimum atomic E-state index is -0.479. The number of aryl methyl sites for hydroxylation is 2. The number of rotatable bonds is 7. The molecule has 0 atom stereocenters. The van der Waals surface area contributed by atoms with Crippen molar-refractivity contribution in [3.05, 3.63) is 82.4 Å². The Morgan fingerprint density at radius 3 is 2.73 bits per heavy atom. The summed E-state index contributed by atoms with van der Waals surface area (Å²) in [6.07, 6.45) is 6.05. The van der Waals surface area contributed by atoms with Crippen LogP contribution in [0.1, 0.15) is 22.3 Å². The van der Waals surface area contributed by atoms with Gasteiger partial charge in [-0.15, -0.1) is 0 Å². The number of nitro benzene ring substituents is 1. The van der Waals surface area contributed by atoms with Crippen LogP contribution in [0, 0.1) is 17.0 Å². The summed E-state index contributed by atoms with van der Waals surface area (Å²) >= 11 is 1.47. The van der Waals surface area contributed by atoms with Gasteiger partial charge in [0.25, 0.3) is 11.6 Å². The third-order valence-corrected chi connectivity index (χ3v) is 5.73. The van der Waals surface area contributed by atoms with Crippen LogP contribution in [0.15, 0.2) is 61.2 Å². The van der Waals surface area contributed by atoms with Gasteiger partial charge in [0.15, 0.2) is 5.13 Å². The molecule has 0 N–H and O–H groups in total. The van der Waals surface area contributed by atoms with E-state index in [0.29, 0.717) is 30.2 Å². The zero-order chi connectivity index (χ0) is 21.1. The Hall–Kier alpha value is -3.59. The van der Waals surface area contributed by atoms with E-state index in [2.05, 4.69) is 16.0 Å². The molecular weight excluding hydrogens is 402 g/mol. The predicted octanol–water partition coefficient (Wildman–Crippen LogP) is 4.45. The van der Waals surface area contributed by atoms with E-state index in [1.807, 2.05) is 29.8 Å². The summed E-state index contributed by atoms with van der Waals surface area (Å²) in [5, 5.41) is 11.5. The molecule has 1 amide bonds. The van der Waals surface area contributed by atoms with Crippen LogP contribution >= 0.6 is 11.3 Å². The van der Waals surface area contributed by atoms with E-state index in [-0.39, 0.29) is 11.6 Å². The molecule has 8 nitrogen and oxygen atoms in total. The smallest absolute Gasteiger partial charge is 0.269 e. The zero-order valence-electron chi connectivity index (χ0n) is 16.3. The number of non-ortho nitro benzene ring substituents is 1. The molecule has 0 saturated carbocycles. The van der Waals surface area contributed by atoms with Crippen molar-refractivity contribution in [1.29, 1.82) is 0 Å². The van der Waals surface area contributed by atoms with Gasteiger partial charge >= 0.3 is 0 Å². The molecule has 4 rings (SSSR count). The number of anilines is 1. The topological polar surface area (TPSA) is 94.2 Å². The summed E-state index contributed by atoms with van der Waals surface area (Å²) in [7, 11) is 0. The molecule has 2 aromatic carbocycles. The molecule has 30 heavy (non-hydrogen) atoms. The summed E-state index contributed by atoms with van der Waals surface area (Å²) in [6.45, 7) is 3.20. The highest BCUT2D eigenvalue weighted by Crippen LogP contribution is 2.31. The molecule has 0 spiro atoms. The molecule has 0 radical (unpaired) electrons. The molecule has 9 heteroatoms. The Labute approximate surface area is 176 Å². The van der Waals surface area contributed by atoms with Gasteiger partial charge < -0.3 is 4.57 Å². The van der Waals surface area contributed by atoms with Crippen molar-refractivity contribution in [2.45, 2.75) is 19.9 Å². The monoisotopic (exact) mass is 421 g/mol. The van der Waals surface area contributed by atoms with E-state index in [4.69, 9.17) is 0 Å². The number of nitro groups is 1. The largest absolute Gasteiger partial charge is 0.337 e. The van der Waals surface area contributed by atoms with E-state index in [1.54, 1.807) is 17.4 Å². The van der Waals surface area contributed by atoms with E-state index >= 15 is 0 Å². The Balaban J connectivity index is 1.62. The van der Waals surface area contributed by atoms with Gasteiger partial charge in [0.2, 0.25) is 0 Å². The molecule has 0 fully saturated rings. The van der Waals surface area contributed by atoms with Crippen molar-refractivity contribution in [2.75, 3.05) is 11.4 Å². The zero-order valence-corrected chi connectivity index (χ0v) is 17.1. The number of benzene rings is 2. The maximum atomic E-state index is 13.3. The fourth-order valence-electron chi connectivity index (χ4n) is 3.13. The second kappa shape index (κ2) is 8.42. The molecule has 0 bridgehead atoms. The summed E-state index contributed by atoms with van der Waals surface area (Å²) in [5.41, 5.74) is 2.31. The minimum Gasteiger partial charge on any atom is -0.337 e. The fourth-order valence-corrected chi connectivity index (χ4v) is 4.22. The number of thiazole rings is 1. The van der Waals surface area contributed by atoms with Gasteiger partial charge in [0.1, 0.15) is 0 Å². The summed E-state index contributed by atoms with van der Waals surface area (Å²) < 4.78 is 2.97. The number of aromatic nitrogens is 3. The van der Waals surface area contributed by atoms with Gasteiger partial charge in [-0.25, -0.2) is 9.97 Å². The second-order valence-electron chi connectivity index (χ2n) is 6.88. The number of fused-ring (bicyclic) bond motifs is 1. The first kappa shape index (κ1) is 19.7. The number of hydrogen-bond acceptors (Lipinski definition) is 6. The second-order valence-corrected chi connectivity index (χ2v) is 7.89. The van der Waals surface area contributed by atoms with E-state index in [9.17, 15) is 14.9 Å². The molecule has 2 aromatic heterocycles. The van der Waals surface area contributed by atoms with E-state index < -0.39 is 4.92 Å². The van der Waals surface area contributed by atoms with Gasteiger partial charge in [-0.1, -0.05) is 17.4 Å². The molecule has 0 aliphatic rings. The molecule has 0 aliphatic heterocycles. The fraction of sp³-hybridized carbons (Fsp3) is 0.190. The summed E-state index contributed by atoms with van der Waals surface area (Å²) in [4.78, 5) is 34.0. The van der Waals surface area contributed by atoms with Crippen LogP contribution in [0.4, 0.5) is 10.8 Å². The van der Waals surface area contributed by atoms with Gasteiger partial charge in [0, 0.05) is 43.2 Å². The summed E-state index contributed by atoms with van der Waals surface area (Å²) in [5.74, 6) is -0.230. The van der Waals surface area contributed by atoms with Gasteiger partial charge in [-0.3, -0.25) is 19.8 Å². The standard InChI is InChI=1S/C21H19N5O3S/c1-15-3-8-18-19(13-15)30-21(23-18)25(11-2-10-24-12-9-22-14-24)20(27)16-4-6-17(7-5-16)26(28)29/h3-9,12-14H,2,10-11H2,1H3. The van der Waals surface area contributed by atoms with Crippen LogP contribution in [-0.2, 0) is 6.54 Å². The van der Waals surface area contributed by atoms with Crippen LogP contribution in [0.3, 0.4) is 0 Å². The number of amides is 1. The normalized spacial score (nSPS) is 11.0. The number of nitrogens with zero attached hydrogens (tertiary/aromatic N) is 5. The predicted molar refractivity (Wildman–Crippen MR) is 116 cm³/mol. The number of hydrogen-bond donors (Lipinski definition) is 0. The lowest BCUT2D eigenvalue weighted by Crippen LogP contribution is -2.32. The average molecular weight is 421 g/mol. The Morgan fingerprint density at radius 1 is 1.23 bits per heavy atom. The quantitative estimate of drug-likeness (QED) is 0.325. The van der Waals surface area contributed by atoms with Crippen LogP contribution in [-0.4, -0.2) is 31.9 Å². The molecule has 152 valence electrons. The van der Waals surface area contributed by atoms with Crippen molar-refractivity contribution in [3.63, 3.8) is 0 Å². The highest BCUT2D eigenvalue weighted by molar-refractivity contribution is 7.22. The number of carbonyl (C=O) groups excluding carboxylic acids is 1. The first-order valence-electron chi connectivity index (χ1n) is 9.40. The molecular formula is C21H19N5O3S. The van der Waals surface area contributed by atoms with Crippen molar-refractivity contribution in [2.24, 2.45) is 0 Å². The van der Waals surface area contributed by atoms with Crippen LogP contribution in [0.2, 0.25) is 0 Å². The maximum absolute atomic E-state index is 13.3. The van der Waals surface area contributed by atoms with Crippen molar-refractivity contribution < 1.29 is 9.72 Å². The van der Waals surface area contributed by atoms with E-state index in [0.717, 1.165) is 15.8 Å². The van der Waals surface area contributed by atoms with Crippen molar-refractivity contribution >= 4 is 38.3 Å². The molecule has 0 aliphatic carbocycles. The summed E-state index contributed by atoms with van der Waals surface area (Å²) in [6, 6.07) is 11.7. The molecule has 0 unspecified atom stereocenters. The maximum Gasteiger partial charge on any atom is 0.269 e. The van der Waals surface area contributed by atoms with Crippen LogP contribution in [0.5, 0.6) is 0 Å². The lowest BCUT2D eigenvalue weighted by Gasteiger charge is -2.20. The van der Waals surface area contributed by atoms with Crippen molar-refractivity contribution in [3.8, 4) is 0 Å². The lowest BCUT2D eigenvalue weighted by atomic mass is 10.2. The molecule has 4 aromatic rings. The van der Waals surface area contributed by atoms with Crippen LogP contribution < -0.4 is 4.90 Å². The first-order valence-corrected chi connectivity index (χ1v) is 10.2. The minimum absolute atomic E-state index is 0.0475. The Morgan fingerprint density at radius 2 is 2.03 bits per heavy atom. The third-order valence-electron chi connectivity index (χ3n) is 4.69. The average Bonchev–Trinajstić information content (AvgIpc) is 3.40. The molecule has 2 heterocycles. The highest BCUT2D eigenvalue weighted by atomic mass is 32.1. The number of imidazole rings is 1. The van der Waals surface area contributed by atoms with Gasteiger partial charge in [-0.2, -0.15) is 0 Å². The Bertz CT molecular complexity index is 1190. The van der Waals surface area contributed by atoms with Gasteiger partial charge in [0.05, 0.1) is 21.5 Å². The van der Waals surface area contributed by atoms with Crippen LogP contribution in [0.25, 0.3) is 10.2 Å². The first-order chi connectivity index (χ1) is 14.5.